The lowest BCUT2D eigenvalue weighted by Crippen LogP contribution is -2.52. The molecule has 7 nitrogen and oxygen atoms in total. The molecule has 3 atom stereocenters. The van der Waals surface area contributed by atoms with E-state index in [9.17, 15) is 20.1 Å². The van der Waals surface area contributed by atoms with Gasteiger partial charge in [-0.3, -0.25) is 0 Å². The number of aliphatic hydroxyl groups excluding tert-OH is 1. The number of nitrogens with zero attached hydrogens (tertiary/aromatic N) is 1. The van der Waals surface area contributed by atoms with Crippen molar-refractivity contribution < 1.29 is 29.6 Å². The first-order chi connectivity index (χ1) is 17.9. The van der Waals surface area contributed by atoms with Crippen LogP contribution in [0.4, 0.5) is 5.69 Å². The number of carboxylic acids is 1. The van der Waals surface area contributed by atoms with E-state index >= 15 is 0 Å². The van der Waals surface area contributed by atoms with E-state index in [0.717, 1.165) is 25.7 Å². The standard InChI is InChI=1S/C30H43NO6S/c1-20-5-7-21(8-6-20)27(32)31(25-17-24(11-13-29(2,3)4)38-26(25)28(33)34)22-9-14-30(35,15-10-22)19-37-23-12-16-36-18-23/h5,17,21-23,27,32,35H,6-10,12,14-16,18-19H2,1-4H3,(H,33,34)/t21-,22-,23-,27?,30+/m0/s1. The van der Waals surface area contributed by atoms with Crippen LogP contribution >= 0.6 is 11.3 Å². The van der Waals surface area contributed by atoms with Gasteiger partial charge in [0.2, 0.25) is 0 Å². The van der Waals surface area contributed by atoms with Crippen LogP contribution in [0.2, 0.25) is 0 Å². The van der Waals surface area contributed by atoms with E-state index in [1.807, 2.05) is 31.7 Å². The van der Waals surface area contributed by atoms with Gasteiger partial charge in [0.05, 0.1) is 35.5 Å². The van der Waals surface area contributed by atoms with Gasteiger partial charge in [0.1, 0.15) is 11.1 Å². The fourth-order valence-corrected chi connectivity index (χ4v) is 6.40. The minimum absolute atomic E-state index is 0.0101. The van der Waals surface area contributed by atoms with Crippen molar-refractivity contribution in [2.45, 2.75) is 103 Å². The number of ether oxygens (including phenoxy) is 2. The molecule has 0 bridgehead atoms. The predicted molar refractivity (Wildman–Crippen MR) is 150 cm³/mol. The van der Waals surface area contributed by atoms with E-state index in [0.29, 0.717) is 49.5 Å². The van der Waals surface area contributed by atoms with Crippen LogP contribution in [0.15, 0.2) is 17.7 Å². The van der Waals surface area contributed by atoms with Crippen LogP contribution in [0, 0.1) is 23.2 Å². The SMILES string of the molecule is CC1=CC[C@H](C(O)N(c2cc(C#CC(C)(C)C)sc2C(=O)O)[C@H]2CC[C@](O)(CO[C@H]3CCOC3)CC2)CC1. The monoisotopic (exact) mass is 545 g/mol. The molecule has 38 heavy (non-hydrogen) atoms. The van der Waals surface area contributed by atoms with Crippen molar-refractivity contribution in [1.82, 2.24) is 0 Å². The third-order valence-corrected chi connectivity index (χ3v) is 8.91. The van der Waals surface area contributed by atoms with Gasteiger partial charge in [-0.15, -0.1) is 11.3 Å². The lowest BCUT2D eigenvalue weighted by molar-refractivity contribution is -0.0940. The van der Waals surface area contributed by atoms with Gasteiger partial charge < -0.3 is 29.7 Å². The third kappa shape index (κ3) is 7.40. The van der Waals surface area contributed by atoms with Gasteiger partial charge in [-0.2, -0.15) is 0 Å². The summed E-state index contributed by atoms with van der Waals surface area (Å²) in [4.78, 5) is 15.2. The molecule has 2 aliphatic carbocycles. The number of carbonyl (C=O) groups is 1. The van der Waals surface area contributed by atoms with Gasteiger partial charge >= 0.3 is 5.97 Å². The van der Waals surface area contributed by atoms with Crippen LogP contribution in [0.5, 0.6) is 0 Å². The molecule has 1 aliphatic heterocycles. The van der Waals surface area contributed by atoms with Gasteiger partial charge in [-0.1, -0.05) is 23.5 Å². The lowest BCUT2D eigenvalue weighted by Gasteiger charge is -2.45. The Morgan fingerprint density at radius 2 is 2.03 bits per heavy atom. The Kier molecular flexibility index (Phi) is 9.26. The Bertz CT molecular complexity index is 1060. The van der Waals surface area contributed by atoms with Gasteiger partial charge in [-0.25, -0.2) is 4.79 Å². The van der Waals surface area contributed by atoms with E-state index in [1.54, 1.807) is 0 Å². The van der Waals surface area contributed by atoms with Crippen LogP contribution in [0.1, 0.15) is 93.6 Å². The molecule has 1 unspecified atom stereocenters. The Morgan fingerprint density at radius 3 is 2.61 bits per heavy atom. The zero-order valence-corrected chi connectivity index (χ0v) is 24.0. The largest absolute Gasteiger partial charge is 0.477 e. The Balaban J connectivity index is 1.59. The number of rotatable bonds is 8. The molecule has 0 aromatic carbocycles. The smallest absolute Gasteiger partial charge is 0.348 e. The van der Waals surface area contributed by atoms with Gasteiger partial charge in [0, 0.05) is 24.0 Å². The fourth-order valence-electron chi connectivity index (χ4n) is 5.56. The molecular weight excluding hydrogens is 502 g/mol. The first-order valence-electron chi connectivity index (χ1n) is 13.9. The minimum atomic E-state index is -1.01. The van der Waals surface area contributed by atoms with E-state index < -0.39 is 17.8 Å². The molecule has 1 aromatic rings. The van der Waals surface area contributed by atoms with Crippen molar-refractivity contribution in [3.8, 4) is 11.8 Å². The van der Waals surface area contributed by atoms with Crippen LogP contribution in [0.25, 0.3) is 0 Å². The van der Waals surface area contributed by atoms with Crippen LogP contribution in [-0.2, 0) is 9.47 Å². The van der Waals surface area contributed by atoms with Gasteiger partial charge in [0.25, 0.3) is 0 Å². The Morgan fingerprint density at radius 1 is 1.29 bits per heavy atom. The van der Waals surface area contributed by atoms with Gasteiger partial charge in [-0.05, 0) is 85.1 Å². The summed E-state index contributed by atoms with van der Waals surface area (Å²) in [6.07, 6.45) is 7.14. The number of allylic oxidation sites excluding steroid dienone is 2. The normalized spacial score (nSPS) is 28.8. The summed E-state index contributed by atoms with van der Waals surface area (Å²) in [6.45, 7) is 9.72. The Hall–Kier alpha value is -1.89. The summed E-state index contributed by atoms with van der Waals surface area (Å²) in [6, 6.07) is 1.74. The zero-order chi connectivity index (χ0) is 27.5. The second-order valence-corrected chi connectivity index (χ2v) is 13.3. The second kappa shape index (κ2) is 12.1. The molecule has 8 heteroatoms. The van der Waals surface area contributed by atoms with Gasteiger partial charge in [0.15, 0.2) is 0 Å². The molecule has 1 aromatic heterocycles. The Labute approximate surface area is 230 Å². The maximum atomic E-state index is 12.4. The van der Waals surface area contributed by atoms with Crippen molar-refractivity contribution in [3.05, 3.63) is 27.5 Å². The summed E-state index contributed by atoms with van der Waals surface area (Å²) in [5, 5.41) is 33.1. The first-order valence-corrected chi connectivity index (χ1v) is 14.7. The maximum absolute atomic E-state index is 12.4. The highest BCUT2D eigenvalue weighted by Crippen LogP contribution is 2.41. The lowest BCUT2D eigenvalue weighted by atomic mass is 9.80. The quantitative estimate of drug-likeness (QED) is 0.235. The van der Waals surface area contributed by atoms with E-state index in [2.05, 4.69) is 24.8 Å². The molecular formula is C30H43NO6S. The molecule has 0 amide bonds. The molecule has 0 spiro atoms. The summed E-state index contributed by atoms with van der Waals surface area (Å²) in [5.41, 5.74) is 0.735. The molecule has 1 saturated carbocycles. The number of carboxylic acid groups (broad SMARTS) is 1. The number of thiophene rings is 1. The molecule has 4 rings (SSSR count). The first kappa shape index (κ1) is 29.1. The van der Waals surface area contributed by atoms with E-state index in [-0.39, 0.29) is 35.0 Å². The van der Waals surface area contributed by atoms with Crippen molar-refractivity contribution in [2.75, 3.05) is 24.7 Å². The van der Waals surface area contributed by atoms with Crippen molar-refractivity contribution in [3.63, 3.8) is 0 Å². The summed E-state index contributed by atoms with van der Waals surface area (Å²) in [7, 11) is 0. The molecule has 2 heterocycles. The summed E-state index contributed by atoms with van der Waals surface area (Å²) < 4.78 is 11.3. The van der Waals surface area contributed by atoms with Crippen LogP contribution < -0.4 is 4.90 Å². The molecule has 1 saturated heterocycles. The minimum Gasteiger partial charge on any atom is -0.477 e. The fraction of sp³-hybridized carbons (Fsp3) is 0.700. The van der Waals surface area contributed by atoms with Crippen LogP contribution in [0.3, 0.4) is 0 Å². The molecule has 0 radical (unpaired) electrons. The van der Waals surface area contributed by atoms with Crippen molar-refractivity contribution in [2.24, 2.45) is 11.3 Å². The molecule has 3 aliphatic rings. The highest BCUT2D eigenvalue weighted by molar-refractivity contribution is 7.15. The average Bonchev–Trinajstić information content (AvgIpc) is 3.53. The number of aliphatic hydroxyl groups is 2. The highest BCUT2D eigenvalue weighted by atomic mass is 32.1. The summed E-state index contributed by atoms with van der Waals surface area (Å²) >= 11 is 1.17. The van der Waals surface area contributed by atoms with Crippen LogP contribution in [-0.4, -0.2) is 65.1 Å². The molecule has 210 valence electrons. The number of hydrogen-bond donors (Lipinski definition) is 3. The van der Waals surface area contributed by atoms with E-state index in [1.165, 1.54) is 16.9 Å². The second-order valence-electron chi connectivity index (χ2n) is 12.3. The van der Waals surface area contributed by atoms with E-state index in [4.69, 9.17) is 9.47 Å². The molecule has 3 N–H and O–H groups in total. The third-order valence-electron chi connectivity index (χ3n) is 7.89. The van der Waals surface area contributed by atoms with Crippen molar-refractivity contribution in [1.29, 1.82) is 0 Å². The zero-order valence-electron chi connectivity index (χ0n) is 23.2. The van der Waals surface area contributed by atoms with Crippen molar-refractivity contribution >= 4 is 23.0 Å². The average molecular weight is 546 g/mol. The predicted octanol–water partition coefficient (Wildman–Crippen LogP) is 5.19. The molecule has 2 fully saturated rings. The topological polar surface area (TPSA) is 99.5 Å². The highest BCUT2D eigenvalue weighted by Gasteiger charge is 2.41. The number of hydrogen-bond acceptors (Lipinski definition) is 7. The summed E-state index contributed by atoms with van der Waals surface area (Å²) in [5.74, 6) is 5.36. The maximum Gasteiger partial charge on any atom is 0.348 e. The number of aromatic carboxylic acids is 1. The number of anilines is 1.